The van der Waals surface area contributed by atoms with Gasteiger partial charge in [-0.15, -0.1) is 21.5 Å². The van der Waals surface area contributed by atoms with Gasteiger partial charge in [0.1, 0.15) is 5.25 Å². The highest BCUT2D eigenvalue weighted by Crippen LogP contribution is 2.36. The predicted molar refractivity (Wildman–Crippen MR) is 107 cm³/mol. The Labute approximate surface area is 167 Å². The van der Waals surface area contributed by atoms with E-state index in [-0.39, 0.29) is 5.91 Å². The Bertz CT molecular complexity index is 875. The summed E-state index contributed by atoms with van der Waals surface area (Å²) >= 11 is 2.89. The van der Waals surface area contributed by atoms with Crippen molar-refractivity contribution in [1.29, 1.82) is 0 Å². The van der Waals surface area contributed by atoms with Gasteiger partial charge in [0.2, 0.25) is 11.8 Å². The maximum atomic E-state index is 13.0. The second-order valence-electron chi connectivity index (χ2n) is 5.92. The number of amides is 1. The number of rotatable bonds is 8. The van der Waals surface area contributed by atoms with Crippen molar-refractivity contribution in [3.05, 3.63) is 57.9 Å². The molecule has 1 amide bonds. The van der Waals surface area contributed by atoms with Gasteiger partial charge >= 0.3 is 0 Å². The van der Waals surface area contributed by atoms with Crippen LogP contribution in [0.25, 0.3) is 0 Å². The van der Waals surface area contributed by atoms with Gasteiger partial charge in [-0.3, -0.25) is 4.79 Å². The number of likely N-dealkylation sites (N-methyl/N-ethyl adjacent to an activating group) is 1. The molecule has 0 aliphatic heterocycles. The summed E-state index contributed by atoms with van der Waals surface area (Å²) in [7, 11) is 0. The van der Waals surface area contributed by atoms with E-state index in [9.17, 15) is 4.79 Å². The fourth-order valence-corrected chi connectivity index (χ4v) is 4.28. The molecule has 3 rings (SSSR count). The number of benzene rings is 1. The highest BCUT2D eigenvalue weighted by atomic mass is 32.2. The number of aryl methyl sites for hydroxylation is 1. The van der Waals surface area contributed by atoms with E-state index in [0.717, 1.165) is 16.3 Å². The Balaban J connectivity index is 1.79. The molecule has 0 aliphatic rings. The summed E-state index contributed by atoms with van der Waals surface area (Å²) in [5, 5.41) is 11.2. The molecule has 0 spiro atoms. The summed E-state index contributed by atoms with van der Waals surface area (Å²) in [5.74, 6) is 0.552. The van der Waals surface area contributed by atoms with Crippen LogP contribution in [0.1, 0.15) is 41.3 Å². The zero-order valence-corrected chi connectivity index (χ0v) is 17.2. The SMILES string of the molecule is CCN(CC)C(=O)C(Sc1nnc(Cc2csc(C)n2)o1)c1ccccc1. The zero-order valence-electron chi connectivity index (χ0n) is 15.6. The van der Waals surface area contributed by atoms with Gasteiger partial charge in [0.25, 0.3) is 5.22 Å². The van der Waals surface area contributed by atoms with E-state index in [1.807, 2.05) is 61.4 Å². The molecule has 142 valence electrons. The van der Waals surface area contributed by atoms with Crippen LogP contribution in [0.3, 0.4) is 0 Å². The molecule has 1 atom stereocenters. The topological polar surface area (TPSA) is 72.1 Å². The van der Waals surface area contributed by atoms with Crippen molar-refractivity contribution >= 4 is 29.0 Å². The van der Waals surface area contributed by atoms with Crippen LogP contribution in [0.2, 0.25) is 0 Å². The van der Waals surface area contributed by atoms with Crippen molar-refractivity contribution in [2.75, 3.05) is 13.1 Å². The lowest BCUT2D eigenvalue weighted by Crippen LogP contribution is -2.33. The van der Waals surface area contributed by atoms with Crippen molar-refractivity contribution in [1.82, 2.24) is 20.1 Å². The van der Waals surface area contributed by atoms with E-state index in [1.165, 1.54) is 11.8 Å². The molecule has 1 aromatic carbocycles. The van der Waals surface area contributed by atoms with Crippen LogP contribution in [0, 0.1) is 6.92 Å². The Morgan fingerprint density at radius 2 is 1.96 bits per heavy atom. The summed E-state index contributed by atoms with van der Waals surface area (Å²) in [4.78, 5) is 19.3. The number of carbonyl (C=O) groups excluding carboxylic acids is 1. The zero-order chi connectivity index (χ0) is 19.2. The van der Waals surface area contributed by atoms with Crippen molar-refractivity contribution in [2.45, 2.75) is 37.7 Å². The molecule has 2 aromatic heterocycles. The maximum absolute atomic E-state index is 13.0. The van der Waals surface area contributed by atoms with E-state index in [4.69, 9.17) is 4.42 Å². The minimum atomic E-state index is -0.416. The fourth-order valence-electron chi connectivity index (χ4n) is 2.69. The lowest BCUT2D eigenvalue weighted by atomic mass is 10.1. The third kappa shape index (κ3) is 4.95. The Kier molecular flexibility index (Phi) is 6.63. The Hall–Kier alpha value is -2.19. The summed E-state index contributed by atoms with van der Waals surface area (Å²) in [5.41, 5.74) is 1.84. The highest BCUT2D eigenvalue weighted by Gasteiger charge is 2.28. The van der Waals surface area contributed by atoms with E-state index < -0.39 is 5.25 Å². The Morgan fingerprint density at radius 3 is 2.59 bits per heavy atom. The van der Waals surface area contributed by atoms with E-state index in [0.29, 0.717) is 30.6 Å². The quantitative estimate of drug-likeness (QED) is 0.528. The number of nitrogens with zero attached hydrogens (tertiary/aromatic N) is 4. The lowest BCUT2D eigenvalue weighted by Gasteiger charge is -2.24. The smallest absolute Gasteiger partial charge is 0.277 e. The van der Waals surface area contributed by atoms with E-state index >= 15 is 0 Å². The monoisotopic (exact) mass is 402 g/mol. The molecule has 0 saturated heterocycles. The van der Waals surface area contributed by atoms with Crippen LogP contribution < -0.4 is 0 Å². The average molecular weight is 403 g/mol. The van der Waals surface area contributed by atoms with Crippen molar-refractivity contribution < 1.29 is 9.21 Å². The number of hydrogen-bond acceptors (Lipinski definition) is 7. The number of thiazole rings is 1. The summed E-state index contributed by atoms with van der Waals surface area (Å²) in [6.45, 7) is 7.26. The third-order valence-corrected chi connectivity index (χ3v) is 5.97. The van der Waals surface area contributed by atoms with Crippen LogP contribution in [0.4, 0.5) is 0 Å². The molecule has 0 aliphatic carbocycles. The predicted octanol–water partition coefficient (Wildman–Crippen LogP) is 4.13. The molecule has 0 fully saturated rings. The van der Waals surface area contributed by atoms with Crippen LogP contribution in [0.5, 0.6) is 0 Å². The summed E-state index contributed by atoms with van der Waals surface area (Å²) in [6.07, 6.45) is 0.498. The minimum Gasteiger partial charge on any atom is -0.416 e. The van der Waals surface area contributed by atoms with Gasteiger partial charge in [0.15, 0.2) is 0 Å². The largest absolute Gasteiger partial charge is 0.416 e. The molecule has 0 bridgehead atoms. The number of hydrogen-bond donors (Lipinski definition) is 0. The molecule has 1 unspecified atom stereocenters. The molecule has 6 nitrogen and oxygen atoms in total. The van der Waals surface area contributed by atoms with Gasteiger partial charge in [0, 0.05) is 18.5 Å². The normalized spacial score (nSPS) is 12.1. The van der Waals surface area contributed by atoms with Gasteiger partial charge in [0.05, 0.1) is 17.1 Å². The van der Waals surface area contributed by atoms with Crippen LogP contribution in [-0.2, 0) is 11.2 Å². The number of carbonyl (C=O) groups is 1. The molecule has 0 radical (unpaired) electrons. The summed E-state index contributed by atoms with van der Waals surface area (Å²) < 4.78 is 5.78. The van der Waals surface area contributed by atoms with Gasteiger partial charge in [-0.2, -0.15) is 0 Å². The maximum Gasteiger partial charge on any atom is 0.277 e. The van der Waals surface area contributed by atoms with E-state index in [1.54, 1.807) is 11.3 Å². The van der Waals surface area contributed by atoms with Gasteiger partial charge < -0.3 is 9.32 Å². The van der Waals surface area contributed by atoms with Crippen molar-refractivity contribution in [3.8, 4) is 0 Å². The average Bonchev–Trinajstić information content (AvgIpc) is 3.30. The van der Waals surface area contributed by atoms with Gasteiger partial charge in [-0.1, -0.05) is 30.3 Å². The molecular weight excluding hydrogens is 380 g/mol. The lowest BCUT2D eigenvalue weighted by molar-refractivity contribution is -0.130. The summed E-state index contributed by atoms with van der Waals surface area (Å²) in [6, 6.07) is 9.71. The number of thioether (sulfide) groups is 1. The molecular formula is C19H22N4O2S2. The standard InChI is InChI=1S/C19H22N4O2S2/c1-4-23(5-2)18(24)17(14-9-7-6-8-10-14)27-19-22-21-16(25-19)11-15-12-26-13(3)20-15/h6-10,12,17H,4-5,11H2,1-3H3. The third-order valence-electron chi connectivity index (χ3n) is 4.07. The van der Waals surface area contributed by atoms with Crippen LogP contribution >= 0.6 is 23.1 Å². The second-order valence-corrected chi connectivity index (χ2v) is 8.03. The molecule has 0 N–H and O–H groups in total. The minimum absolute atomic E-state index is 0.0473. The Morgan fingerprint density at radius 1 is 1.22 bits per heavy atom. The van der Waals surface area contributed by atoms with Crippen molar-refractivity contribution in [3.63, 3.8) is 0 Å². The highest BCUT2D eigenvalue weighted by molar-refractivity contribution is 8.00. The number of aromatic nitrogens is 3. The van der Waals surface area contributed by atoms with Gasteiger partial charge in [-0.25, -0.2) is 4.98 Å². The first-order valence-corrected chi connectivity index (χ1v) is 10.6. The molecule has 3 aromatic rings. The van der Waals surface area contributed by atoms with Crippen LogP contribution in [0.15, 0.2) is 45.4 Å². The van der Waals surface area contributed by atoms with Crippen LogP contribution in [-0.4, -0.2) is 39.1 Å². The first-order chi connectivity index (χ1) is 13.1. The second kappa shape index (κ2) is 9.14. The first kappa shape index (κ1) is 19.6. The molecule has 2 heterocycles. The fraction of sp³-hybridized carbons (Fsp3) is 0.368. The molecule has 27 heavy (non-hydrogen) atoms. The van der Waals surface area contributed by atoms with Crippen molar-refractivity contribution in [2.24, 2.45) is 0 Å². The molecule has 8 heteroatoms. The van der Waals surface area contributed by atoms with E-state index in [2.05, 4.69) is 15.2 Å². The first-order valence-electron chi connectivity index (χ1n) is 8.84. The van der Waals surface area contributed by atoms with Gasteiger partial charge in [-0.05, 0) is 38.1 Å². The molecule has 0 saturated carbocycles.